The van der Waals surface area contributed by atoms with Crippen molar-refractivity contribution in [2.24, 2.45) is 0 Å². The molecule has 20 heavy (non-hydrogen) atoms. The molecule has 0 fully saturated rings. The maximum atomic E-state index is 10.6. The van der Waals surface area contributed by atoms with Crippen LogP contribution in [0.3, 0.4) is 0 Å². The summed E-state index contributed by atoms with van der Waals surface area (Å²) in [6, 6.07) is 13.0. The van der Waals surface area contributed by atoms with Crippen molar-refractivity contribution in [2.75, 3.05) is 6.61 Å². The van der Waals surface area contributed by atoms with Crippen LogP contribution in [0.2, 0.25) is 5.02 Å². The number of non-ortho nitro benzene ring substituents is 1. The highest BCUT2D eigenvalue weighted by Gasteiger charge is 2.12. The fraction of sp³-hybridized carbons (Fsp3) is 0.143. The summed E-state index contributed by atoms with van der Waals surface area (Å²) >= 11 is 5.89. The largest absolute Gasteiger partial charge is 0.489 e. The van der Waals surface area contributed by atoms with E-state index in [1.807, 2.05) is 18.2 Å². The molecule has 0 aliphatic heterocycles. The molecule has 1 atom stereocenters. The van der Waals surface area contributed by atoms with Crippen molar-refractivity contribution in [3.63, 3.8) is 0 Å². The lowest BCUT2D eigenvalue weighted by Gasteiger charge is -2.13. The molecule has 1 unspecified atom stereocenters. The van der Waals surface area contributed by atoms with Gasteiger partial charge in [-0.3, -0.25) is 10.1 Å². The van der Waals surface area contributed by atoms with Gasteiger partial charge >= 0.3 is 0 Å². The van der Waals surface area contributed by atoms with Crippen LogP contribution in [0.25, 0.3) is 0 Å². The Labute approximate surface area is 120 Å². The number of nitro groups is 1. The smallest absolute Gasteiger partial charge is 0.271 e. The minimum absolute atomic E-state index is 0.0154. The zero-order valence-corrected chi connectivity index (χ0v) is 11.2. The van der Waals surface area contributed by atoms with Gasteiger partial charge in [-0.1, -0.05) is 41.9 Å². The summed E-state index contributed by atoms with van der Waals surface area (Å²) in [6.45, 7) is 0.0154. The average Bonchev–Trinajstić information content (AvgIpc) is 2.46. The van der Waals surface area contributed by atoms with Crippen LogP contribution in [0.1, 0.15) is 11.7 Å². The molecule has 2 rings (SSSR count). The average molecular weight is 294 g/mol. The van der Waals surface area contributed by atoms with Crippen LogP contribution in [-0.2, 0) is 0 Å². The monoisotopic (exact) mass is 293 g/mol. The molecule has 0 saturated carbocycles. The van der Waals surface area contributed by atoms with Crippen molar-refractivity contribution in [1.82, 2.24) is 0 Å². The maximum absolute atomic E-state index is 10.6. The zero-order valence-electron chi connectivity index (χ0n) is 10.4. The van der Waals surface area contributed by atoms with Crippen molar-refractivity contribution in [3.05, 3.63) is 69.2 Å². The molecule has 2 aromatic carbocycles. The topological polar surface area (TPSA) is 72.6 Å². The maximum Gasteiger partial charge on any atom is 0.271 e. The molecule has 104 valence electrons. The van der Waals surface area contributed by atoms with Gasteiger partial charge in [-0.15, -0.1) is 0 Å². The zero-order chi connectivity index (χ0) is 14.5. The van der Waals surface area contributed by atoms with Gasteiger partial charge in [-0.2, -0.15) is 0 Å². The standard InChI is InChI=1S/C14H12ClNO4/c15-12-8-11(16(18)19)6-7-14(12)20-9-13(17)10-4-2-1-3-5-10/h1-8,13,17H,9H2. The minimum atomic E-state index is -0.789. The highest BCUT2D eigenvalue weighted by Crippen LogP contribution is 2.29. The molecule has 5 nitrogen and oxygen atoms in total. The van der Waals surface area contributed by atoms with Gasteiger partial charge in [0.15, 0.2) is 0 Å². The molecule has 0 aromatic heterocycles. The Bertz CT molecular complexity index is 603. The fourth-order valence-corrected chi connectivity index (χ4v) is 1.89. The first kappa shape index (κ1) is 14.3. The highest BCUT2D eigenvalue weighted by atomic mass is 35.5. The van der Waals surface area contributed by atoms with E-state index in [9.17, 15) is 15.2 Å². The van der Waals surface area contributed by atoms with Gasteiger partial charge in [0.05, 0.1) is 9.95 Å². The molecule has 6 heteroatoms. The molecular formula is C14H12ClNO4. The van der Waals surface area contributed by atoms with Gasteiger partial charge in [-0.25, -0.2) is 0 Å². The van der Waals surface area contributed by atoms with Crippen molar-refractivity contribution in [2.45, 2.75) is 6.10 Å². The predicted molar refractivity (Wildman–Crippen MR) is 75.0 cm³/mol. The SMILES string of the molecule is O=[N+]([O-])c1ccc(OCC(O)c2ccccc2)c(Cl)c1. The third-order valence-corrected chi connectivity index (χ3v) is 3.00. The first-order chi connectivity index (χ1) is 9.58. The quantitative estimate of drug-likeness (QED) is 0.677. The number of hydrogen-bond donors (Lipinski definition) is 1. The molecule has 2 aromatic rings. The molecule has 0 heterocycles. The number of aliphatic hydroxyl groups excluding tert-OH is 1. The third-order valence-electron chi connectivity index (χ3n) is 2.71. The van der Waals surface area contributed by atoms with E-state index in [0.717, 1.165) is 5.56 Å². The van der Waals surface area contributed by atoms with Crippen molar-refractivity contribution < 1.29 is 14.8 Å². The minimum Gasteiger partial charge on any atom is -0.489 e. The van der Waals surface area contributed by atoms with Gasteiger partial charge in [0, 0.05) is 12.1 Å². The molecule has 0 spiro atoms. The Hall–Kier alpha value is -2.11. The molecule has 0 amide bonds. The van der Waals surface area contributed by atoms with Crippen molar-refractivity contribution in [3.8, 4) is 5.75 Å². The molecule has 1 N–H and O–H groups in total. The number of aliphatic hydroxyl groups is 1. The first-order valence-electron chi connectivity index (χ1n) is 5.87. The Morgan fingerprint density at radius 3 is 2.55 bits per heavy atom. The predicted octanol–water partition coefficient (Wildman–Crippen LogP) is 3.36. The van der Waals surface area contributed by atoms with Crippen LogP contribution in [0.4, 0.5) is 5.69 Å². The normalized spacial score (nSPS) is 11.9. The van der Waals surface area contributed by atoms with Crippen LogP contribution >= 0.6 is 11.6 Å². The summed E-state index contributed by atoms with van der Waals surface area (Å²) in [4.78, 5) is 10.0. The second-order valence-electron chi connectivity index (χ2n) is 4.11. The molecule has 0 aliphatic rings. The summed E-state index contributed by atoms with van der Waals surface area (Å²) in [5.74, 6) is 0.298. The summed E-state index contributed by atoms with van der Waals surface area (Å²) in [5.41, 5.74) is 0.622. The van der Waals surface area contributed by atoms with E-state index in [1.165, 1.54) is 18.2 Å². The van der Waals surface area contributed by atoms with Gasteiger partial charge in [0.2, 0.25) is 0 Å². The van der Waals surface area contributed by atoms with Crippen molar-refractivity contribution in [1.29, 1.82) is 0 Å². The second kappa shape index (κ2) is 6.36. The summed E-state index contributed by atoms with van der Waals surface area (Å²) in [6.07, 6.45) is -0.789. The third kappa shape index (κ3) is 3.46. The highest BCUT2D eigenvalue weighted by molar-refractivity contribution is 6.32. The molecule has 0 aliphatic carbocycles. The number of nitrogens with zero attached hydrogens (tertiary/aromatic N) is 1. The van der Waals surface area contributed by atoms with Gasteiger partial charge in [0.1, 0.15) is 18.5 Å². The van der Waals surface area contributed by atoms with E-state index in [2.05, 4.69) is 0 Å². The number of benzene rings is 2. The van der Waals surface area contributed by atoms with E-state index >= 15 is 0 Å². The number of halogens is 1. The number of rotatable bonds is 5. The lowest BCUT2D eigenvalue weighted by Crippen LogP contribution is -2.09. The Morgan fingerprint density at radius 2 is 1.95 bits per heavy atom. The second-order valence-corrected chi connectivity index (χ2v) is 4.52. The van der Waals surface area contributed by atoms with Gasteiger partial charge < -0.3 is 9.84 Å². The number of ether oxygens (including phenoxy) is 1. The van der Waals surface area contributed by atoms with E-state index in [4.69, 9.17) is 16.3 Å². The van der Waals surface area contributed by atoms with E-state index in [-0.39, 0.29) is 17.3 Å². The Kier molecular flexibility index (Phi) is 4.55. The Balaban J connectivity index is 2.02. The van der Waals surface area contributed by atoms with E-state index < -0.39 is 11.0 Å². The van der Waals surface area contributed by atoms with Crippen LogP contribution in [0.5, 0.6) is 5.75 Å². The lowest BCUT2D eigenvalue weighted by atomic mass is 10.1. The van der Waals surface area contributed by atoms with Gasteiger partial charge in [-0.05, 0) is 11.6 Å². The van der Waals surface area contributed by atoms with Crippen molar-refractivity contribution >= 4 is 17.3 Å². The van der Waals surface area contributed by atoms with E-state index in [1.54, 1.807) is 12.1 Å². The van der Waals surface area contributed by atoms with E-state index in [0.29, 0.717) is 5.75 Å². The summed E-state index contributed by atoms with van der Waals surface area (Å²) in [5, 5.41) is 20.7. The molecule has 0 saturated heterocycles. The van der Waals surface area contributed by atoms with Crippen LogP contribution in [-0.4, -0.2) is 16.6 Å². The van der Waals surface area contributed by atoms with Crippen LogP contribution in [0.15, 0.2) is 48.5 Å². The fourth-order valence-electron chi connectivity index (χ4n) is 1.66. The van der Waals surface area contributed by atoms with Crippen LogP contribution in [0, 0.1) is 10.1 Å². The summed E-state index contributed by atoms with van der Waals surface area (Å²) < 4.78 is 5.38. The lowest BCUT2D eigenvalue weighted by molar-refractivity contribution is -0.384. The van der Waals surface area contributed by atoms with Gasteiger partial charge in [0.25, 0.3) is 5.69 Å². The first-order valence-corrected chi connectivity index (χ1v) is 6.25. The molecule has 0 radical (unpaired) electrons. The van der Waals surface area contributed by atoms with Crippen LogP contribution < -0.4 is 4.74 Å². The number of nitro benzene ring substituents is 1. The molecular weight excluding hydrogens is 282 g/mol. The Morgan fingerprint density at radius 1 is 1.25 bits per heavy atom. The summed E-state index contributed by atoms with van der Waals surface area (Å²) in [7, 11) is 0. The number of hydrogen-bond acceptors (Lipinski definition) is 4. The molecule has 0 bridgehead atoms.